The lowest BCUT2D eigenvalue weighted by molar-refractivity contribution is -0.129. The lowest BCUT2D eigenvalue weighted by Crippen LogP contribution is -2.52. The maximum Gasteiger partial charge on any atom is 0.243 e. The Morgan fingerprint density at radius 2 is 1.73 bits per heavy atom. The summed E-state index contributed by atoms with van der Waals surface area (Å²) in [6.07, 6.45) is 1.11. The molecule has 1 saturated heterocycles. The van der Waals surface area contributed by atoms with Gasteiger partial charge in [0.25, 0.3) is 0 Å². The SMILES string of the molecule is COc1cccc(N(CC(=O)N2CCN(c3cccc(C)c3C)CC2)S(C)(=O)=O)c1. The summed E-state index contributed by atoms with van der Waals surface area (Å²) >= 11 is 0. The van der Waals surface area contributed by atoms with Gasteiger partial charge in [-0.2, -0.15) is 0 Å². The van der Waals surface area contributed by atoms with Crippen molar-refractivity contribution in [1.82, 2.24) is 4.90 Å². The first-order valence-corrected chi connectivity index (χ1v) is 11.8. The molecule has 0 bridgehead atoms. The number of piperazine rings is 1. The molecule has 0 atom stereocenters. The van der Waals surface area contributed by atoms with Crippen molar-refractivity contribution in [3.05, 3.63) is 53.6 Å². The molecule has 0 saturated carbocycles. The average Bonchev–Trinajstić information content (AvgIpc) is 2.73. The van der Waals surface area contributed by atoms with Crippen molar-refractivity contribution < 1.29 is 17.9 Å². The van der Waals surface area contributed by atoms with Crippen LogP contribution in [0.3, 0.4) is 0 Å². The standard InChI is InChI=1S/C22H29N3O4S/c1-17-7-5-10-21(18(17)2)23-11-13-24(14-12-23)22(26)16-25(30(4,27)28)19-8-6-9-20(15-19)29-3/h5-10,15H,11-14,16H2,1-4H3. The molecule has 1 amide bonds. The molecular weight excluding hydrogens is 402 g/mol. The number of rotatable bonds is 6. The van der Waals surface area contributed by atoms with E-state index in [0.29, 0.717) is 37.6 Å². The summed E-state index contributed by atoms with van der Waals surface area (Å²) in [6, 6.07) is 13.0. The van der Waals surface area contributed by atoms with Crippen molar-refractivity contribution in [3.8, 4) is 5.75 Å². The van der Waals surface area contributed by atoms with Crippen molar-refractivity contribution >= 4 is 27.3 Å². The molecule has 0 aliphatic carbocycles. The maximum atomic E-state index is 12.9. The van der Waals surface area contributed by atoms with Gasteiger partial charge in [-0.25, -0.2) is 8.42 Å². The summed E-state index contributed by atoms with van der Waals surface area (Å²) in [6.45, 7) is 6.53. The van der Waals surface area contributed by atoms with E-state index in [9.17, 15) is 13.2 Å². The zero-order valence-corrected chi connectivity index (χ0v) is 18.8. The number of anilines is 2. The fourth-order valence-electron chi connectivity index (χ4n) is 3.66. The van der Waals surface area contributed by atoms with Gasteiger partial charge >= 0.3 is 0 Å². The van der Waals surface area contributed by atoms with Crippen molar-refractivity contribution in [2.75, 3.05) is 55.3 Å². The third kappa shape index (κ3) is 4.87. The highest BCUT2D eigenvalue weighted by molar-refractivity contribution is 7.92. The maximum absolute atomic E-state index is 12.9. The van der Waals surface area contributed by atoms with Crippen LogP contribution in [0.4, 0.5) is 11.4 Å². The molecule has 1 fully saturated rings. The van der Waals surface area contributed by atoms with Crippen molar-refractivity contribution in [1.29, 1.82) is 0 Å². The van der Waals surface area contributed by atoms with Crippen LogP contribution in [0.5, 0.6) is 5.75 Å². The van der Waals surface area contributed by atoms with Crippen LogP contribution in [0, 0.1) is 13.8 Å². The van der Waals surface area contributed by atoms with Gasteiger partial charge in [-0.1, -0.05) is 18.2 Å². The van der Waals surface area contributed by atoms with Crippen molar-refractivity contribution in [2.45, 2.75) is 13.8 Å². The summed E-state index contributed by atoms with van der Waals surface area (Å²) in [5, 5.41) is 0. The fraction of sp³-hybridized carbons (Fsp3) is 0.409. The first-order valence-electron chi connectivity index (χ1n) is 9.91. The second-order valence-electron chi connectivity index (χ2n) is 7.56. The largest absolute Gasteiger partial charge is 0.497 e. The number of sulfonamides is 1. The van der Waals surface area contributed by atoms with Gasteiger partial charge in [0, 0.05) is 37.9 Å². The Labute approximate surface area is 178 Å². The molecule has 7 nitrogen and oxygen atoms in total. The fourth-order valence-corrected chi connectivity index (χ4v) is 4.50. The second-order valence-corrected chi connectivity index (χ2v) is 9.46. The predicted molar refractivity (Wildman–Crippen MR) is 120 cm³/mol. The summed E-state index contributed by atoms with van der Waals surface area (Å²) in [5.41, 5.74) is 4.10. The molecule has 1 aliphatic heterocycles. The number of methoxy groups -OCH3 is 1. The molecule has 0 unspecified atom stereocenters. The second kappa shape index (κ2) is 8.95. The van der Waals surface area contributed by atoms with Gasteiger partial charge in [-0.05, 0) is 43.2 Å². The number of amides is 1. The predicted octanol–water partition coefficient (Wildman–Crippen LogP) is 2.43. The molecule has 8 heteroatoms. The Kier molecular flexibility index (Phi) is 6.55. The molecule has 0 spiro atoms. The van der Waals surface area contributed by atoms with Crippen molar-refractivity contribution in [2.24, 2.45) is 0 Å². The zero-order valence-electron chi connectivity index (χ0n) is 18.0. The number of carbonyl (C=O) groups is 1. The molecule has 2 aromatic carbocycles. The number of benzene rings is 2. The van der Waals surface area contributed by atoms with E-state index >= 15 is 0 Å². The minimum Gasteiger partial charge on any atom is -0.497 e. The third-order valence-electron chi connectivity index (χ3n) is 5.57. The molecule has 0 aromatic heterocycles. The molecule has 3 rings (SSSR count). The van der Waals surface area contributed by atoms with Gasteiger partial charge < -0.3 is 14.5 Å². The molecule has 30 heavy (non-hydrogen) atoms. The lowest BCUT2D eigenvalue weighted by Gasteiger charge is -2.37. The highest BCUT2D eigenvalue weighted by Crippen LogP contribution is 2.25. The Bertz CT molecular complexity index is 1010. The lowest BCUT2D eigenvalue weighted by atomic mass is 10.1. The van der Waals surface area contributed by atoms with Crippen LogP contribution >= 0.6 is 0 Å². The van der Waals surface area contributed by atoms with E-state index in [1.165, 1.54) is 23.9 Å². The Hall–Kier alpha value is -2.74. The Morgan fingerprint density at radius 1 is 1.07 bits per heavy atom. The van der Waals surface area contributed by atoms with Gasteiger partial charge in [0.15, 0.2) is 0 Å². The van der Waals surface area contributed by atoms with Crippen LogP contribution in [0.25, 0.3) is 0 Å². The van der Waals surface area contributed by atoms with Crippen LogP contribution in [0.15, 0.2) is 42.5 Å². The first kappa shape index (κ1) is 22.0. The smallest absolute Gasteiger partial charge is 0.243 e. The molecule has 2 aromatic rings. The van der Waals surface area contributed by atoms with Crippen LogP contribution in [-0.2, 0) is 14.8 Å². The van der Waals surface area contributed by atoms with Crippen LogP contribution < -0.4 is 13.9 Å². The van der Waals surface area contributed by atoms with E-state index < -0.39 is 10.0 Å². The van der Waals surface area contributed by atoms with E-state index in [4.69, 9.17) is 4.74 Å². The summed E-state index contributed by atoms with van der Waals surface area (Å²) < 4.78 is 31.0. The minimum atomic E-state index is -3.62. The quantitative estimate of drug-likeness (QED) is 0.703. The summed E-state index contributed by atoms with van der Waals surface area (Å²) in [4.78, 5) is 16.9. The van der Waals surface area contributed by atoms with Gasteiger partial charge in [-0.15, -0.1) is 0 Å². The average molecular weight is 432 g/mol. The number of carbonyl (C=O) groups excluding carboxylic acids is 1. The molecule has 162 valence electrons. The normalized spacial score (nSPS) is 14.5. The third-order valence-corrected chi connectivity index (χ3v) is 6.71. The number of hydrogen-bond donors (Lipinski definition) is 0. The molecule has 0 N–H and O–H groups in total. The highest BCUT2D eigenvalue weighted by atomic mass is 32.2. The minimum absolute atomic E-state index is 0.205. The van der Waals surface area contributed by atoms with Crippen LogP contribution in [0.1, 0.15) is 11.1 Å². The van der Waals surface area contributed by atoms with E-state index in [2.05, 4.69) is 30.9 Å². The van der Waals surface area contributed by atoms with Gasteiger partial charge in [0.05, 0.1) is 19.1 Å². The Morgan fingerprint density at radius 3 is 2.37 bits per heavy atom. The van der Waals surface area contributed by atoms with Gasteiger partial charge in [0.1, 0.15) is 12.3 Å². The van der Waals surface area contributed by atoms with Crippen LogP contribution in [-0.4, -0.2) is 65.3 Å². The van der Waals surface area contributed by atoms with Gasteiger partial charge in [-0.3, -0.25) is 9.10 Å². The highest BCUT2D eigenvalue weighted by Gasteiger charge is 2.27. The molecule has 1 heterocycles. The topological polar surface area (TPSA) is 70.2 Å². The molecule has 0 radical (unpaired) electrons. The number of nitrogens with zero attached hydrogens (tertiary/aromatic N) is 3. The van der Waals surface area contributed by atoms with E-state index in [0.717, 1.165) is 10.6 Å². The number of aryl methyl sites for hydroxylation is 1. The van der Waals surface area contributed by atoms with E-state index in [-0.39, 0.29) is 12.5 Å². The monoisotopic (exact) mass is 431 g/mol. The van der Waals surface area contributed by atoms with Crippen LogP contribution in [0.2, 0.25) is 0 Å². The zero-order chi connectivity index (χ0) is 21.9. The summed E-state index contributed by atoms with van der Waals surface area (Å²) in [7, 11) is -2.10. The number of hydrogen-bond acceptors (Lipinski definition) is 5. The van der Waals surface area contributed by atoms with E-state index in [1.54, 1.807) is 29.2 Å². The van der Waals surface area contributed by atoms with Crippen molar-refractivity contribution in [3.63, 3.8) is 0 Å². The van der Waals surface area contributed by atoms with Gasteiger partial charge in [0.2, 0.25) is 15.9 Å². The summed E-state index contributed by atoms with van der Waals surface area (Å²) in [5.74, 6) is 0.333. The van der Waals surface area contributed by atoms with E-state index in [1.807, 2.05) is 6.07 Å². The Balaban J connectivity index is 1.69. The first-order chi connectivity index (χ1) is 14.2. The number of ether oxygens (including phenoxy) is 1. The molecule has 1 aliphatic rings. The molecular formula is C22H29N3O4S.